The zero-order valence-electron chi connectivity index (χ0n) is 15.2. The number of carbonyl (C=O) groups excluding carboxylic acids is 2. The lowest BCUT2D eigenvalue weighted by Crippen LogP contribution is -2.35. The fraction of sp³-hybridized carbons (Fsp3) is 0.250. The Morgan fingerprint density at radius 3 is 2.85 bits per heavy atom. The molecule has 1 aliphatic rings. The van der Waals surface area contributed by atoms with Gasteiger partial charge in [-0.25, -0.2) is 9.78 Å². The fourth-order valence-electron chi connectivity index (χ4n) is 3.50. The van der Waals surface area contributed by atoms with Gasteiger partial charge in [0.2, 0.25) is 0 Å². The third kappa shape index (κ3) is 3.12. The summed E-state index contributed by atoms with van der Waals surface area (Å²) in [5, 5.41) is 2.95. The van der Waals surface area contributed by atoms with Gasteiger partial charge in [0, 0.05) is 25.0 Å². The zero-order chi connectivity index (χ0) is 19.0. The number of hydrogen-bond donors (Lipinski definition) is 1. The second-order valence-electron chi connectivity index (χ2n) is 6.55. The van der Waals surface area contributed by atoms with Crippen molar-refractivity contribution in [3.8, 4) is 0 Å². The van der Waals surface area contributed by atoms with Crippen LogP contribution in [0.3, 0.4) is 0 Å². The molecule has 1 aromatic carbocycles. The third-order valence-corrected chi connectivity index (χ3v) is 4.83. The average Bonchev–Trinajstić information content (AvgIpc) is 3.02. The van der Waals surface area contributed by atoms with Crippen LogP contribution in [0.25, 0.3) is 5.65 Å². The predicted molar refractivity (Wildman–Crippen MR) is 101 cm³/mol. The second-order valence-corrected chi connectivity index (χ2v) is 6.55. The van der Waals surface area contributed by atoms with Gasteiger partial charge in [-0.15, -0.1) is 0 Å². The Labute approximate surface area is 156 Å². The van der Waals surface area contributed by atoms with Gasteiger partial charge >= 0.3 is 6.09 Å². The minimum Gasteiger partial charge on any atom is -0.453 e. The maximum atomic E-state index is 12.8. The third-order valence-electron chi connectivity index (χ3n) is 4.83. The Kier molecular flexibility index (Phi) is 4.27. The van der Waals surface area contributed by atoms with E-state index in [0.29, 0.717) is 30.2 Å². The quantitative estimate of drug-likeness (QED) is 0.758. The second kappa shape index (κ2) is 6.75. The van der Waals surface area contributed by atoms with Gasteiger partial charge < -0.3 is 15.0 Å². The Hall–Kier alpha value is -3.35. The van der Waals surface area contributed by atoms with Crippen molar-refractivity contribution < 1.29 is 14.3 Å². The number of imidazole rings is 1. The highest BCUT2D eigenvalue weighted by Crippen LogP contribution is 2.24. The van der Waals surface area contributed by atoms with Crippen LogP contribution in [0.15, 0.2) is 42.6 Å². The fourth-order valence-corrected chi connectivity index (χ4v) is 3.50. The van der Waals surface area contributed by atoms with Crippen molar-refractivity contribution in [1.29, 1.82) is 0 Å². The summed E-state index contributed by atoms with van der Waals surface area (Å²) in [7, 11) is 1.38. The summed E-state index contributed by atoms with van der Waals surface area (Å²) < 4.78 is 6.59. The van der Waals surface area contributed by atoms with Crippen LogP contribution in [0, 0.1) is 6.92 Å². The summed E-state index contributed by atoms with van der Waals surface area (Å²) in [6.45, 7) is 2.93. The molecule has 7 heteroatoms. The number of fused-ring (bicyclic) bond motifs is 2. The van der Waals surface area contributed by atoms with Gasteiger partial charge in [0.25, 0.3) is 5.91 Å². The molecule has 0 fully saturated rings. The summed E-state index contributed by atoms with van der Waals surface area (Å²) in [6, 6.07) is 11.4. The molecule has 2 aromatic heterocycles. The molecule has 0 radical (unpaired) electrons. The molecule has 27 heavy (non-hydrogen) atoms. The molecule has 0 bridgehead atoms. The van der Waals surface area contributed by atoms with Gasteiger partial charge in [0.15, 0.2) is 0 Å². The van der Waals surface area contributed by atoms with Crippen LogP contribution in [0.5, 0.6) is 0 Å². The lowest BCUT2D eigenvalue weighted by atomic mass is 9.99. The van der Waals surface area contributed by atoms with Crippen molar-refractivity contribution in [2.24, 2.45) is 0 Å². The maximum absolute atomic E-state index is 12.8. The smallest absolute Gasteiger partial charge is 0.409 e. The van der Waals surface area contributed by atoms with Crippen molar-refractivity contribution in [3.63, 3.8) is 0 Å². The van der Waals surface area contributed by atoms with Gasteiger partial charge in [0.1, 0.15) is 11.3 Å². The number of rotatable bonds is 2. The minimum atomic E-state index is -0.337. The molecule has 0 spiro atoms. The number of pyridine rings is 1. The molecule has 3 heterocycles. The van der Waals surface area contributed by atoms with Crippen LogP contribution in [0.4, 0.5) is 10.5 Å². The maximum Gasteiger partial charge on any atom is 0.409 e. The molecule has 138 valence electrons. The molecule has 3 aromatic rings. The lowest BCUT2D eigenvalue weighted by Gasteiger charge is -2.28. The van der Waals surface area contributed by atoms with Crippen LogP contribution >= 0.6 is 0 Å². The van der Waals surface area contributed by atoms with Gasteiger partial charge in [-0.3, -0.25) is 9.20 Å². The predicted octanol–water partition coefficient (Wildman–Crippen LogP) is 3.02. The molecule has 0 atom stereocenters. The summed E-state index contributed by atoms with van der Waals surface area (Å²) in [4.78, 5) is 30.7. The number of aryl methyl sites for hydroxylation is 1. The van der Waals surface area contributed by atoms with Gasteiger partial charge in [-0.05, 0) is 48.7 Å². The van der Waals surface area contributed by atoms with Gasteiger partial charge in [-0.1, -0.05) is 12.1 Å². The number of nitrogens with zero attached hydrogens (tertiary/aromatic N) is 3. The summed E-state index contributed by atoms with van der Waals surface area (Å²) in [5.74, 6) is -0.216. The van der Waals surface area contributed by atoms with Crippen LogP contribution in [-0.4, -0.2) is 39.9 Å². The molecule has 0 aliphatic carbocycles. The molecule has 4 rings (SSSR count). The van der Waals surface area contributed by atoms with Crippen molar-refractivity contribution >= 4 is 23.3 Å². The summed E-state index contributed by atoms with van der Waals surface area (Å²) in [6.07, 6.45) is 2.26. The highest BCUT2D eigenvalue weighted by molar-refractivity contribution is 6.04. The normalized spacial score (nSPS) is 13.3. The summed E-state index contributed by atoms with van der Waals surface area (Å²) >= 11 is 0. The van der Waals surface area contributed by atoms with E-state index in [9.17, 15) is 9.59 Å². The van der Waals surface area contributed by atoms with Gasteiger partial charge in [0.05, 0.1) is 12.8 Å². The molecule has 0 unspecified atom stereocenters. The molecular weight excluding hydrogens is 344 g/mol. The standard InChI is InChI=1S/C20H20N4O3/c1-13-18(24-9-4-3-5-17(24)21-13)19(25)22-16-7-6-14-8-10-23(20(26)27-2)12-15(14)11-16/h3-7,9,11H,8,10,12H2,1-2H3,(H,22,25). The number of aromatic nitrogens is 2. The van der Waals surface area contributed by atoms with E-state index in [1.165, 1.54) is 12.7 Å². The van der Waals surface area contributed by atoms with E-state index in [-0.39, 0.29) is 12.0 Å². The largest absolute Gasteiger partial charge is 0.453 e. The monoisotopic (exact) mass is 364 g/mol. The van der Waals surface area contributed by atoms with E-state index in [1.54, 1.807) is 9.30 Å². The number of carbonyl (C=O) groups is 2. The minimum absolute atomic E-state index is 0.216. The first-order chi connectivity index (χ1) is 13.1. The van der Waals surface area contributed by atoms with E-state index in [2.05, 4.69) is 10.3 Å². The lowest BCUT2D eigenvalue weighted by molar-refractivity contribution is 0.102. The van der Waals surface area contributed by atoms with E-state index in [1.807, 2.05) is 49.5 Å². The molecule has 0 saturated heterocycles. The van der Waals surface area contributed by atoms with E-state index in [4.69, 9.17) is 4.74 Å². The van der Waals surface area contributed by atoms with Crippen molar-refractivity contribution in [2.75, 3.05) is 19.0 Å². The van der Waals surface area contributed by atoms with E-state index >= 15 is 0 Å². The first-order valence-corrected chi connectivity index (χ1v) is 8.76. The van der Waals surface area contributed by atoms with E-state index in [0.717, 1.165) is 17.6 Å². The number of hydrogen-bond acceptors (Lipinski definition) is 4. The molecule has 1 N–H and O–H groups in total. The molecule has 0 saturated carbocycles. The SMILES string of the molecule is COC(=O)N1CCc2ccc(NC(=O)c3c(C)nc4ccccn34)cc2C1. The van der Waals surface area contributed by atoms with Crippen LogP contribution in [0.2, 0.25) is 0 Å². The number of benzene rings is 1. The first-order valence-electron chi connectivity index (χ1n) is 8.76. The molecule has 7 nitrogen and oxygen atoms in total. The molecule has 1 aliphatic heterocycles. The van der Waals surface area contributed by atoms with Crippen LogP contribution in [-0.2, 0) is 17.7 Å². The van der Waals surface area contributed by atoms with Gasteiger partial charge in [-0.2, -0.15) is 0 Å². The Bertz CT molecular complexity index is 1040. The summed E-state index contributed by atoms with van der Waals surface area (Å²) in [5.41, 5.74) is 4.81. The zero-order valence-corrected chi connectivity index (χ0v) is 15.2. The van der Waals surface area contributed by atoms with Crippen LogP contribution in [0.1, 0.15) is 27.3 Å². The Morgan fingerprint density at radius 1 is 1.19 bits per heavy atom. The molecular formula is C20H20N4O3. The number of ether oxygens (including phenoxy) is 1. The first kappa shape index (κ1) is 17.1. The number of amides is 2. The highest BCUT2D eigenvalue weighted by Gasteiger charge is 2.22. The van der Waals surface area contributed by atoms with E-state index < -0.39 is 0 Å². The molecule has 2 amide bonds. The Morgan fingerprint density at radius 2 is 2.04 bits per heavy atom. The van der Waals surface area contributed by atoms with Crippen molar-refractivity contribution in [1.82, 2.24) is 14.3 Å². The number of methoxy groups -OCH3 is 1. The highest BCUT2D eigenvalue weighted by atomic mass is 16.5. The van der Waals surface area contributed by atoms with Crippen molar-refractivity contribution in [3.05, 3.63) is 65.1 Å². The Balaban J connectivity index is 1.59. The van der Waals surface area contributed by atoms with Crippen LogP contribution < -0.4 is 5.32 Å². The number of nitrogens with one attached hydrogen (secondary N) is 1. The number of anilines is 1. The average molecular weight is 364 g/mol. The van der Waals surface area contributed by atoms with Crippen molar-refractivity contribution in [2.45, 2.75) is 19.9 Å². The topological polar surface area (TPSA) is 75.9 Å².